The first-order valence-electron chi connectivity index (χ1n) is 4.71. The van der Waals surface area contributed by atoms with Gasteiger partial charge in [0, 0.05) is 5.75 Å². The van der Waals surface area contributed by atoms with Gasteiger partial charge in [0.25, 0.3) is 0 Å². The van der Waals surface area contributed by atoms with Crippen LogP contribution in [0.15, 0.2) is 36.4 Å². The zero-order chi connectivity index (χ0) is 10.0. The molecule has 2 heteroatoms. The Morgan fingerprint density at radius 1 is 1.43 bits per heavy atom. The normalized spacial score (nSPS) is 25.3. The summed E-state index contributed by atoms with van der Waals surface area (Å²) in [7, 11) is 1.71. The lowest BCUT2D eigenvalue weighted by atomic mass is 10.00. The van der Waals surface area contributed by atoms with E-state index in [2.05, 4.69) is 31.2 Å². The molecule has 1 nitrogen and oxygen atoms in total. The van der Waals surface area contributed by atoms with E-state index in [0.29, 0.717) is 0 Å². The molecule has 0 saturated carbocycles. The summed E-state index contributed by atoms with van der Waals surface area (Å²) in [5.74, 6) is 2.04. The van der Waals surface area contributed by atoms with E-state index in [-0.39, 0.29) is 4.75 Å². The molecule has 0 fully saturated rings. The topological polar surface area (TPSA) is 9.23 Å². The second kappa shape index (κ2) is 3.70. The summed E-state index contributed by atoms with van der Waals surface area (Å²) in [5, 5.41) is 0. The smallest absolute Gasteiger partial charge is 0.119 e. The van der Waals surface area contributed by atoms with E-state index in [1.807, 2.05) is 23.9 Å². The zero-order valence-electron chi connectivity index (χ0n) is 8.49. The summed E-state index contributed by atoms with van der Waals surface area (Å²) < 4.78 is 5.36. The Hall–Kier alpha value is -0.890. The van der Waals surface area contributed by atoms with Crippen LogP contribution in [0.25, 0.3) is 0 Å². The molecular weight excluding hydrogens is 192 g/mol. The Kier molecular flexibility index (Phi) is 2.55. The lowest BCUT2D eigenvalue weighted by Gasteiger charge is -2.21. The Bertz CT molecular complexity index is 359. The van der Waals surface area contributed by atoms with Crippen molar-refractivity contribution in [2.75, 3.05) is 12.9 Å². The van der Waals surface area contributed by atoms with Crippen molar-refractivity contribution in [3.05, 3.63) is 42.0 Å². The summed E-state index contributed by atoms with van der Waals surface area (Å²) in [6, 6.07) is 8.30. The van der Waals surface area contributed by atoms with Crippen LogP contribution in [0.3, 0.4) is 0 Å². The third-order valence-electron chi connectivity index (χ3n) is 2.56. The van der Waals surface area contributed by atoms with Gasteiger partial charge in [0.15, 0.2) is 0 Å². The molecule has 1 aromatic carbocycles. The molecule has 0 amide bonds. The van der Waals surface area contributed by atoms with E-state index < -0.39 is 0 Å². The first-order chi connectivity index (χ1) is 6.74. The van der Waals surface area contributed by atoms with Gasteiger partial charge in [-0.05, 0) is 24.6 Å². The van der Waals surface area contributed by atoms with Crippen LogP contribution < -0.4 is 4.74 Å². The zero-order valence-corrected chi connectivity index (χ0v) is 9.30. The molecule has 1 atom stereocenters. The van der Waals surface area contributed by atoms with Gasteiger partial charge in [-0.2, -0.15) is 0 Å². The quantitative estimate of drug-likeness (QED) is 0.687. The fourth-order valence-corrected chi connectivity index (χ4v) is 2.68. The molecule has 0 N–H and O–H groups in total. The minimum absolute atomic E-state index is 0.133. The van der Waals surface area contributed by atoms with E-state index >= 15 is 0 Å². The van der Waals surface area contributed by atoms with Crippen molar-refractivity contribution in [1.82, 2.24) is 0 Å². The third kappa shape index (κ3) is 1.67. The monoisotopic (exact) mass is 206 g/mol. The standard InChI is InChI=1S/C12H14OS/c1-12(7-4-8-14-12)10-5-3-6-11(9-10)13-2/h3-7,9H,8H2,1-2H3/t12-/m0/s1. The molecule has 2 rings (SSSR count). The van der Waals surface area contributed by atoms with Crippen molar-refractivity contribution in [1.29, 1.82) is 0 Å². The number of ether oxygens (including phenoxy) is 1. The van der Waals surface area contributed by atoms with E-state index in [1.165, 1.54) is 5.56 Å². The van der Waals surface area contributed by atoms with Crippen molar-refractivity contribution < 1.29 is 4.74 Å². The minimum Gasteiger partial charge on any atom is -0.497 e. The molecule has 0 aliphatic carbocycles. The van der Waals surface area contributed by atoms with Crippen LogP contribution >= 0.6 is 11.8 Å². The molecule has 0 radical (unpaired) electrons. The van der Waals surface area contributed by atoms with Crippen LogP contribution in [0, 0.1) is 0 Å². The Morgan fingerprint density at radius 2 is 2.29 bits per heavy atom. The number of benzene rings is 1. The SMILES string of the molecule is COc1cccc([C@]2(C)C=CCS2)c1. The average Bonchev–Trinajstić information content (AvgIpc) is 2.67. The van der Waals surface area contributed by atoms with Crippen molar-refractivity contribution in [2.24, 2.45) is 0 Å². The van der Waals surface area contributed by atoms with Gasteiger partial charge in [0.05, 0.1) is 11.9 Å². The van der Waals surface area contributed by atoms with Crippen LogP contribution in [0.5, 0.6) is 5.75 Å². The molecule has 0 unspecified atom stereocenters. The summed E-state index contributed by atoms with van der Waals surface area (Å²) in [6.45, 7) is 2.25. The number of hydrogen-bond acceptors (Lipinski definition) is 2. The molecule has 0 spiro atoms. The lowest BCUT2D eigenvalue weighted by molar-refractivity contribution is 0.414. The number of hydrogen-bond donors (Lipinski definition) is 0. The van der Waals surface area contributed by atoms with E-state index in [0.717, 1.165) is 11.5 Å². The van der Waals surface area contributed by atoms with Crippen LogP contribution in [-0.2, 0) is 4.75 Å². The molecular formula is C12H14OS. The lowest BCUT2D eigenvalue weighted by Crippen LogP contribution is -2.10. The van der Waals surface area contributed by atoms with Gasteiger partial charge in [-0.3, -0.25) is 0 Å². The fraction of sp³-hybridized carbons (Fsp3) is 0.333. The van der Waals surface area contributed by atoms with Crippen molar-refractivity contribution >= 4 is 11.8 Å². The average molecular weight is 206 g/mol. The maximum Gasteiger partial charge on any atom is 0.119 e. The predicted octanol–water partition coefficient (Wildman–Crippen LogP) is 3.21. The number of methoxy groups -OCH3 is 1. The number of thioether (sulfide) groups is 1. The number of rotatable bonds is 2. The van der Waals surface area contributed by atoms with Gasteiger partial charge < -0.3 is 4.74 Å². The summed E-state index contributed by atoms with van der Waals surface area (Å²) in [4.78, 5) is 0. The molecule has 14 heavy (non-hydrogen) atoms. The van der Waals surface area contributed by atoms with Crippen LogP contribution in [0.2, 0.25) is 0 Å². The largest absolute Gasteiger partial charge is 0.497 e. The summed E-state index contributed by atoms with van der Waals surface area (Å²) in [5.41, 5.74) is 1.32. The van der Waals surface area contributed by atoms with Crippen LogP contribution in [0.4, 0.5) is 0 Å². The van der Waals surface area contributed by atoms with Gasteiger partial charge in [-0.15, -0.1) is 11.8 Å². The molecule has 1 aromatic rings. The molecule has 1 aliphatic rings. The van der Waals surface area contributed by atoms with Gasteiger partial charge >= 0.3 is 0 Å². The second-order valence-electron chi connectivity index (χ2n) is 3.55. The van der Waals surface area contributed by atoms with E-state index in [4.69, 9.17) is 4.74 Å². The van der Waals surface area contributed by atoms with Crippen molar-refractivity contribution in [3.8, 4) is 5.75 Å². The highest BCUT2D eigenvalue weighted by Gasteiger charge is 2.26. The summed E-state index contributed by atoms with van der Waals surface area (Å²) >= 11 is 1.95. The molecule has 0 saturated heterocycles. The Labute approximate surface area is 89.2 Å². The summed E-state index contributed by atoms with van der Waals surface area (Å²) in [6.07, 6.45) is 4.50. The van der Waals surface area contributed by atoms with Crippen LogP contribution in [0.1, 0.15) is 12.5 Å². The minimum atomic E-state index is 0.133. The van der Waals surface area contributed by atoms with Crippen LogP contribution in [-0.4, -0.2) is 12.9 Å². The van der Waals surface area contributed by atoms with Crippen molar-refractivity contribution in [2.45, 2.75) is 11.7 Å². The molecule has 0 bridgehead atoms. The molecule has 1 heterocycles. The first-order valence-corrected chi connectivity index (χ1v) is 5.69. The predicted molar refractivity (Wildman–Crippen MR) is 61.9 cm³/mol. The van der Waals surface area contributed by atoms with Gasteiger partial charge in [-0.1, -0.05) is 24.3 Å². The molecule has 74 valence electrons. The maximum atomic E-state index is 5.23. The van der Waals surface area contributed by atoms with E-state index in [9.17, 15) is 0 Å². The Morgan fingerprint density at radius 3 is 2.93 bits per heavy atom. The first kappa shape index (κ1) is 9.66. The van der Waals surface area contributed by atoms with Gasteiger partial charge in [0.2, 0.25) is 0 Å². The molecule has 0 aromatic heterocycles. The highest BCUT2D eigenvalue weighted by molar-refractivity contribution is 8.00. The highest BCUT2D eigenvalue weighted by Crippen LogP contribution is 2.42. The van der Waals surface area contributed by atoms with Crippen molar-refractivity contribution in [3.63, 3.8) is 0 Å². The van der Waals surface area contributed by atoms with Gasteiger partial charge in [0.1, 0.15) is 5.75 Å². The fourth-order valence-electron chi connectivity index (χ4n) is 1.65. The highest BCUT2D eigenvalue weighted by atomic mass is 32.2. The second-order valence-corrected chi connectivity index (χ2v) is 5.02. The molecule has 1 aliphatic heterocycles. The van der Waals surface area contributed by atoms with E-state index in [1.54, 1.807) is 7.11 Å². The third-order valence-corrected chi connectivity index (χ3v) is 3.89. The van der Waals surface area contributed by atoms with Gasteiger partial charge in [-0.25, -0.2) is 0 Å². The Balaban J connectivity index is 2.35. The maximum absolute atomic E-state index is 5.23.